The summed E-state index contributed by atoms with van der Waals surface area (Å²) in [6, 6.07) is 2.17. The van der Waals surface area contributed by atoms with Crippen LogP contribution in [-0.4, -0.2) is 28.1 Å². The van der Waals surface area contributed by atoms with E-state index in [0.29, 0.717) is 23.0 Å². The smallest absolute Gasteiger partial charge is 0.326 e. The number of hydrogen-bond acceptors (Lipinski definition) is 4. The normalized spacial score (nSPS) is 11.5. The Labute approximate surface area is 128 Å². The molecule has 0 saturated carbocycles. The van der Waals surface area contributed by atoms with Crippen molar-refractivity contribution in [3.8, 4) is 0 Å². The van der Waals surface area contributed by atoms with Crippen molar-refractivity contribution in [3.05, 3.63) is 32.8 Å². The maximum Gasteiger partial charge on any atom is 0.326 e. The topological polar surface area (TPSA) is 122 Å². The van der Waals surface area contributed by atoms with Crippen LogP contribution in [0, 0.1) is 10.1 Å². The van der Waals surface area contributed by atoms with Crippen LogP contribution in [0.5, 0.6) is 0 Å². The Balaban J connectivity index is 2.74. The summed E-state index contributed by atoms with van der Waals surface area (Å²) < 4.78 is 0.328. The first kappa shape index (κ1) is 16.9. The van der Waals surface area contributed by atoms with Crippen molar-refractivity contribution in [2.24, 2.45) is 0 Å². The van der Waals surface area contributed by atoms with E-state index in [-0.39, 0.29) is 5.69 Å². The number of urea groups is 1. The molecule has 3 N–H and O–H groups in total. The Morgan fingerprint density at radius 2 is 2.14 bits per heavy atom. The van der Waals surface area contributed by atoms with E-state index in [1.54, 1.807) is 0 Å². The molecule has 1 atom stereocenters. The highest BCUT2D eigenvalue weighted by molar-refractivity contribution is 9.10. The number of benzene rings is 1. The molecule has 0 saturated heterocycles. The minimum absolute atomic E-state index is 0.123. The van der Waals surface area contributed by atoms with Crippen LogP contribution in [0.1, 0.15) is 19.8 Å². The van der Waals surface area contributed by atoms with E-state index >= 15 is 0 Å². The number of carboxylic acids is 1. The van der Waals surface area contributed by atoms with Gasteiger partial charge in [-0.1, -0.05) is 13.3 Å². The molecule has 0 fully saturated rings. The van der Waals surface area contributed by atoms with Gasteiger partial charge in [0.05, 0.1) is 10.6 Å². The monoisotopic (exact) mass is 359 g/mol. The number of nitrogens with zero attached hydrogens (tertiary/aromatic N) is 1. The van der Waals surface area contributed by atoms with Gasteiger partial charge in [0, 0.05) is 16.6 Å². The molecule has 0 heterocycles. The van der Waals surface area contributed by atoms with Gasteiger partial charge < -0.3 is 15.7 Å². The molecule has 0 spiro atoms. The van der Waals surface area contributed by atoms with E-state index in [4.69, 9.17) is 5.11 Å². The summed E-state index contributed by atoms with van der Waals surface area (Å²) in [5.41, 5.74) is 0.181. The molecule has 0 aliphatic carbocycles. The summed E-state index contributed by atoms with van der Waals surface area (Å²) in [6.45, 7) is 1.81. The van der Waals surface area contributed by atoms with Gasteiger partial charge in [0.1, 0.15) is 6.04 Å². The fourth-order valence-corrected chi connectivity index (χ4v) is 2.05. The van der Waals surface area contributed by atoms with Gasteiger partial charge in [-0.3, -0.25) is 10.1 Å². The zero-order chi connectivity index (χ0) is 16.0. The second-order valence-electron chi connectivity index (χ2n) is 4.20. The van der Waals surface area contributed by atoms with Crippen molar-refractivity contribution in [2.45, 2.75) is 25.8 Å². The third kappa shape index (κ3) is 5.03. The lowest BCUT2D eigenvalue weighted by Crippen LogP contribution is -2.42. The fourth-order valence-electron chi connectivity index (χ4n) is 1.58. The predicted octanol–water partition coefficient (Wildman–Crippen LogP) is 2.73. The lowest BCUT2D eigenvalue weighted by molar-refractivity contribution is -0.384. The first-order valence-corrected chi connectivity index (χ1v) is 6.88. The van der Waals surface area contributed by atoms with E-state index in [2.05, 4.69) is 26.6 Å². The third-order valence-electron chi connectivity index (χ3n) is 2.59. The molecule has 1 rings (SSSR count). The summed E-state index contributed by atoms with van der Waals surface area (Å²) in [5, 5.41) is 24.3. The number of halogens is 1. The Hall–Kier alpha value is -2.16. The van der Waals surface area contributed by atoms with Gasteiger partial charge in [-0.15, -0.1) is 0 Å². The van der Waals surface area contributed by atoms with Crippen LogP contribution in [0.2, 0.25) is 0 Å². The molecule has 114 valence electrons. The molecule has 0 bridgehead atoms. The minimum Gasteiger partial charge on any atom is -0.480 e. The Morgan fingerprint density at radius 3 is 2.62 bits per heavy atom. The highest BCUT2D eigenvalue weighted by Crippen LogP contribution is 2.26. The average Bonchev–Trinajstić information content (AvgIpc) is 2.40. The third-order valence-corrected chi connectivity index (χ3v) is 3.25. The molecular formula is C12H14BrN3O5. The Kier molecular flexibility index (Phi) is 6.10. The fraction of sp³-hybridized carbons (Fsp3) is 0.333. The molecule has 0 aliphatic rings. The molecule has 0 radical (unpaired) electrons. The van der Waals surface area contributed by atoms with Gasteiger partial charge in [0.25, 0.3) is 5.69 Å². The molecule has 2 amide bonds. The quantitative estimate of drug-likeness (QED) is 0.532. The van der Waals surface area contributed by atoms with Crippen LogP contribution in [0.3, 0.4) is 0 Å². The highest BCUT2D eigenvalue weighted by atomic mass is 79.9. The van der Waals surface area contributed by atoms with Crippen LogP contribution in [-0.2, 0) is 4.79 Å². The average molecular weight is 360 g/mol. The van der Waals surface area contributed by atoms with Crippen LogP contribution in [0.25, 0.3) is 0 Å². The largest absolute Gasteiger partial charge is 0.480 e. The zero-order valence-corrected chi connectivity index (χ0v) is 12.7. The van der Waals surface area contributed by atoms with Crippen LogP contribution in [0.4, 0.5) is 16.2 Å². The number of aliphatic carboxylic acids is 1. The number of carbonyl (C=O) groups excluding carboxylic acids is 1. The van der Waals surface area contributed by atoms with E-state index < -0.39 is 23.0 Å². The van der Waals surface area contributed by atoms with E-state index in [1.165, 1.54) is 18.2 Å². The van der Waals surface area contributed by atoms with Gasteiger partial charge in [0.2, 0.25) is 0 Å². The number of hydrogen-bond donors (Lipinski definition) is 3. The van der Waals surface area contributed by atoms with E-state index in [9.17, 15) is 19.7 Å². The molecule has 0 unspecified atom stereocenters. The molecule has 1 aromatic carbocycles. The summed E-state index contributed by atoms with van der Waals surface area (Å²) >= 11 is 3.11. The summed E-state index contributed by atoms with van der Waals surface area (Å²) in [4.78, 5) is 32.7. The van der Waals surface area contributed by atoms with Gasteiger partial charge in [-0.2, -0.15) is 0 Å². The van der Waals surface area contributed by atoms with E-state index in [1.807, 2.05) is 6.92 Å². The van der Waals surface area contributed by atoms with Gasteiger partial charge in [-0.25, -0.2) is 9.59 Å². The number of amides is 2. The van der Waals surface area contributed by atoms with Gasteiger partial charge in [0.15, 0.2) is 0 Å². The molecule has 21 heavy (non-hydrogen) atoms. The number of nitro benzene ring substituents is 1. The maximum absolute atomic E-state index is 11.7. The number of anilines is 1. The number of nitrogens with one attached hydrogen (secondary N) is 2. The summed E-state index contributed by atoms with van der Waals surface area (Å²) in [5.74, 6) is -1.12. The Morgan fingerprint density at radius 1 is 1.48 bits per heavy atom. The van der Waals surface area contributed by atoms with Gasteiger partial charge >= 0.3 is 12.0 Å². The van der Waals surface area contributed by atoms with Gasteiger partial charge in [-0.05, 0) is 28.4 Å². The standard InChI is InChI=1S/C12H14BrN3O5/c1-2-3-10(11(17)18)15-12(19)14-9-5-4-7(16(20)21)6-8(9)13/h4-6,10H,2-3H2,1H3,(H,17,18)(H2,14,15,19)/t10-/m1/s1. The van der Waals surface area contributed by atoms with Crippen LogP contribution in [0.15, 0.2) is 22.7 Å². The van der Waals surface area contributed by atoms with Crippen LogP contribution < -0.4 is 10.6 Å². The summed E-state index contributed by atoms with van der Waals surface area (Å²) in [6.07, 6.45) is 0.919. The lowest BCUT2D eigenvalue weighted by atomic mass is 10.2. The lowest BCUT2D eigenvalue weighted by Gasteiger charge is -2.14. The first-order valence-electron chi connectivity index (χ1n) is 6.09. The molecule has 0 aromatic heterocycles. The van der Waals surface area contributed by atoms with Crippen molar-refractivity contribution in [1.82, 2.24) is 5.32 Å². The molecule has 0 aliphatic heterocycles. The van der Waals surface area contributed by atoms with Crippen molar-refractivity contribution in [2.75, 3.05) is 5.32 Å². The number of rotatable bonds is 6. The predicted molar refractivity (Wildman–Crippen MR) is 79.3 cm³/mol. The second kappa shape index (κ2) is 7.58. The van der Waals surface area contributed by atoms with Crippen molar-refractivity contribution in [1.29, 1.82) is 0 Å². The summed E-state index contributed by atoms with van der Waals surface area (Å²) in [7, 11) is 0. The number of carbonyl (C=O) groups is 2. The van der Waals surface area contributed by atoms with Crippen molar-refractivity contribution in [3.63, 3.8) is 0 Å². The number of non-ortho nitro benzene ring substituents is 1. The second-order valence-corrected chi connectivity index (χ2v) is 5.05. The molecular weight excluding hydrogens is 346 g/mol. The SMILES string of the molecule is CCC[C@@H](NC(=O)Nc1ccc([N+](=O)[O-])cc1Br)C(=O)O. The van der Waals surface area contributed by atoms with Crippen molar-refractivity contribution >= 4 is 39.3 Å². The maximum atomic E-state index is 11.7. The molecule has 8 nitrogen and oxygen atoms in total. The Bertz CT molecular complexity index is 564. The molecule has 1 aromatic rings. The van der Waals surface area contributed by atoms with E-state index in [0.717, 1.165) is 0 Å². The molecule has 9 heteroatoms. The van der Waals surface area contributed by atoms with Crippen LogP contribution >= 0.6 is 15.9 Å². The number of nitro groups is 1. The van der Waals surface area contributed by atoms with Crippen molar-refractivity contribution < 1.29 is 19.6 Å². The number of carboxylic acid groups (broad SMARTS) is 1. The minimum atomic E-state index is -1.12. The zero-order valence-electron chi connectivity index (χ0n) is 11.1. The highest BCUT2D eigenvalue weighted by Gasteiger charge is 2.19. The first-order chi connectivity index (χ1) is 9.85.